The number of imidazole rings is 1. The first-order valence-electron chi connectivity index (χ1n) is 9.79. The molecule has 5 heterocycles. The van der Waals surface area contributed by atoms with Crippen LogP contribution in [0.2, 0.25) is 5.02 Å². The fourth-order valence-corrected chi connectivity index (χ4v) is 4.37. The van der Waals surface area contributed by atoms with Crippen molar-refractivity contribution in [3.8, 4) is 11.4 Å². The summed E-state index contributed by atoms with van der Waals surface area (Å²) in [7, 11) is 0. The number of halogens is 1. The second-order valence-electron chi connectivity index (χ2n) is 7.89. The van der Waals surface area contributed by atoms with Gasteiger partial charge in [-0.1, -0.05) is 18.5 Å². The molecule has 0 aliphatic carbocycles. The van der Waals surface area contributed by atoms with E-state index in [4.69, 9.17) is 21.6 Å². The number of hydrogen-bond acceptors (Lipinski definition) is 5. The smallest absolute Gasteiger partial charge is 0.226 e. The summed E-state index contributed by atoms with van der Waals surface area (Å²) in [5.74, 6) is 1.72. The number of nitrogens with zero attached hydrogens (tertiary/aromatic N) is 6. The summed E-state index contributed by atoms with van der Waals surface area (Å²) < 4.78 is 1.97. The van der Waals surface area contributed by atoms with Crippen LogP contribution >= 0.6 is 11.6 Å². The van der Waals surface area contributed by atoms with Crippen LogP contribution in [0.1, 0.15) is 30.5 Å². The SMILES string of the molecule is Cc1cc(-c2cnc3ccc(Cl)cn23)nc(N2C[C@@H](C)C[C@H](c3cn[nH]c3)C2)n1. The molecule has 0 bridgehead atoms. The molecular formula is C21H22ClN7. The number of piperidine rings is 1. The lowest BCUT2D eigenvalue weighted by Gasteiger charge is -2.36. The largest absolute Gasteiger partial charge is 0.340 e. The van der Waals surface area contributed by atoms with Crippen LogP contribution in [0, 0.1) is 12.8 Å². The van der Waals surface area contributed by atoms with E-state index in [1.807, 2.05) is 54.3 Å². The van der Waals surface area contributed by atoms with Gasteiger partial charge in [0, 0.05) is 37.1 Å². The second kappa shape index (κ2) is 7.15. The Bertz CT molecular complexity index is 1150. The molecule has 148 valence electrons. The predicted octanol–water partition coefficient (Wildman–Crippen LogP) is 4.11. The summed E-state index contributed by atoms with van der Waals surface area (Å²) >= 11 is 6.20. The zero-order valence-corrected chi connectivity index (χ0v) is 17.1. The first-order chi connectivity index (χ1) is 14.1. The van der Waals surface area contributed by atoms with Crippen LogP contribution in [0.3, 0.4) is 0 Å². The molecule has 0 saturated carbocycles. The maximum absolute atomic E-state index is 6.20. The van der Waals surface area contributed by atoms with Gasteiger partial charge in [-0.2, -0.15) is 5.10 Å². The van der Waals surface area contributed by atoms with Gasteiger partial charge in [0.1, 0.15) is 5.65 Å². The fraction of sp³-hybridized carbons (Fsp3) is 0.333. The van der Waals surface area contributed by atoms with Gasteiger partial charge in [0.05, 0.1) is 28.8 Å². The maximum Gasteiger partial charge on any atom is 0.226 e. The predicted molar refractivity (Wildman–Crippen MR) is 113 cm³/mol. The Hall–Kier alpha value is -2.93. The summed E-state index contributed by atoms with van der Waals surface area (Å²) in [4.78, 5) is 16.4. The van der Waals surface area contributed by atoms with Gasteiger partial charge in [0.2, 0.25) is 5.95 Å². The lowest BCUT2D eigenvalue weighted by molar-refractivity contribution is 0.398. The van der Waals surface area contributed by atoms with Crippen LogP contribution < -0.4 is 4.90 Å². The van der Waals surface area contributed by atoms with E-state index in [9.17, 15) is 0 Å². The highest BCUT2D eigenvalue weighted by Gasteiger charge is 2.28. The van der Waals surface area contributed by atoms with Gasteiger partial charge in [0.15, 0.2) is 0 Å². The highest BCUT2D eigenvalue weighted by atomic mass is 35.5. The normalized spacial score (nSPS) is 19.8. The van der Waals surface area contributed by atoms with Crippen molar-refractivity contribution in [2.75, 3.05) is 18.0 Å². The van der Waals surface area contributed by atoms with Crippen LogP contribution in [0.15, 0.2) is 43.0 Å². The standard InChI is InChI=1S/C21H22ClN7/c1-13-5-15(16-7-24-25-8-16)11-28(10-13)21-26-14(2)6-18(27-21)19-9-23-20-4-3-17(22)12-29(19)20/h3-4,6-9,12-13,15H,5,10-11H2,1-2H3,(H,24,25)/t13-,15-/m0/s1. The number of H-pyrrole nitrogens is 1. The molecule has 0 unspecified atom stereocenters. The van der Waals surface area contributed by atoms with E-state index < -0.39 is 0 Å². The number of aromatic nitrogens is 6. The molecule has 1 aliphatic rings. The molecule has 0 aromatic carbocycles. The second-order valence-corrected chi connectivity index (χ2v) is 8.32. The van der Waals surface area contributed by atoms with Crippen molar-refractivity contribution in [3.05, 3.63) is 59.3 Å². The van der Waals surface area contributed by atoms with Gasteiger partial charge < -0.3 is 4.90 Å². The van der Waals surface area contributed by atoms with Crippen molar-refractivity contribution in [1.82, 2.24) is 29.5 Å². The van der Waals surface area contributed by atoms with Crippen LogP contribution in [0.5, 0.6) is 0 Å². The quantitative estimate of drug-likeness (QED) is 0.553. The Labute approximate surface area is 173 Å². The van der Waals surface area contributed by atoms with Crippen molar-refractivity contribution >= 4 is 23.2 Å². The molecule has 29 heavy (non-hydrogen) atoms. The Balaban J connectivity index is 1.53. The van der Waals surface area contributed by atoms with E-state index in [1.165, 1.54) is 5.56 Å². The topological polar surface area (TPSA) is 75.0 Å². The molecule has 1 N–H and O–H groups in total. The van der Waals surface area contributed by atoms with Crippen LogP contribution in [0.4, 0.5) is 5.95 Å². The van der Waals surface area contributed by atoms with Crippen molar-refractivity contribution in [2.45, 2.75) is 26.2 Å². The number of aryl methyl sites for hydroxylation is 1. The summed E-state index contributed by atoms with van der Waals surface area (Å²) in [6.07, 6.45) is 8.76. The third-order valence-electron chi connectivity index (χ3n) is 5.51. The number of nitrogens with one attached hydrogen (secondary N) is 1. The van der Waals surface area contributed by atoms with Gasteiger partial charge in [0.25, 0.3) is 0 Å². The van der Waals surface area contributed by atoms with Gasteiger partial charge in [-0.05, 0) is 43.0 Å². The average Bonchev–Trinajstić information content (AvgIpc) is 3.37. The number of aromatic amines is 1. The zero-order chi connectivity index (χ0) is 20.0. The number of fused-ring (bicyclic) bond motifs is 1. The minimum absolute atomic E-state index is 0.416. The minimum atomic E-state index is 0.416. The van der Waals surface area contributed by atoms with Crippen LogP contribution in [0.25, 0.3) is 17.0 Å². The Kier molecular flexibility index (Phi) is 4.47. The van der Waals surface area contributed by atoms with Gasteiger partial charge in [-0.15, -0.1) is 0 Å². The molecule has 4 aromatic rings. The van der Waals surface area contributed by atoms with E-state index >= 15 is 0 Å². The molecule has 4 aromatic heterocycles. The van der Waals surface area contributed by atoms with Gasteiger partial charge >= 0.3 is 0 Å². The number of anilines is 1. The molecule has 0 spiro atoms. The van der Waals surface area contributed by atoms with Crippen molar-refractivity contribution in [3.63, 3.8) is 0 Å². The lowest BCUT2D eigenvalue weighted by Crippen LogP contribution is -2.39. The number of hydrogen-bond donors (Lipinski definition) is 1. The van der Waals surface area contributed by atoms with E-state index in [-0.39, 0.29) is 0 Å². The van der Waals surface area contributed by atoms with Crippen LogP contribution in [-0.2, 0) is 0 Å². The lowest BCUT2D eigenvalue weighted by atomic mass is 9.87. The minimum Gasteiger partial charge on any atom is -0.340 e. The van der Waals surface area contributed by atoms with Crippen molar-refractivity contribution in [2.24, 2.45) is 5.92 Å². The summed E-state index contributed by atoms with van der Waals surface area (Å²) in [5, 5.41) is 7.72. The summed E-state index contributed by atoms with van der Waals surface area (Å²) in [6.45, 7) is 6.11. The van der Waals surface area contributed by atoms with E-state index in [0.717, 1.165) is 48.2 Å². The molecular weight excluding hydrogens is 386 g/mol. The zero-order valence-electron chi connectivity index (χ0n) is 16.4. The van der Waals surface area contributed by atoms with E-state index in [0.29, 0.717) is 16.9 Å². The highest BCUT2D eigenvalue weighted by Crippen LogP contribution is 2.32. The average molecular weight is 408 g/mol. The third kappa shape index (κ3) is 3.46. The van der Waals surface area contributed by atoms with E-state index in [2.05, 4.69) is 27.0 Å². The third-order valence-corrected chi connectivity index (χ3v) is 5.73. The van der Waals surface area contributed by atoms with Crippen LogP contribution in [-0.4, -0.2) is 42.6 Å². The monoisotopic (exact) mass is 407 g/mol. The molecule has 0 amide bonds. The van der Waals surface area contributed by atoms with Gasteiger partial charge in [-0.3, -0.25) is 9.50 Å². The van der Waals surface area contributed by atoms with Gasteiger partial charge in [-0.25, -0.2) is 15.0 Å². The van der Waals surface area contributed by atoms with Crippen molar-refractivity contribution in [1.29, 1.82) is 0 Å². The maximum atomic E-state index is 6.20. The first kappa shape index (κ1) is 18.1. The number of rotatable bonds is 3. The molecule has 2 atom stereocenters. The molecule has 5 rings (SSSR count). The molecule has 7 nitrogen and oxygen atoms in total. The molecule has 1 fully saturated rings. The Morgan fingerprint density at radius 2 is 2.07 bits per heavy atom. The van der Waals surface area contributed by atoms with Crippen molar-refractivity contribution < 1.29 is 0 Å². The summed E-state index contributed by atoms with van der Waals surface area (Å²) in [6, 6.07) is 5.74. The number of pyridine rings is 1. The molecule has 1 saturated heterocycles. The first-order valence-corrected chi connectivity index (χ1v) is 10.2. The highest BCUT2D eigenvalue weighted by molar-refractivity contribution is 6.30. The Morgan fingerprint density at radius 3 is 2.90 bits per heavy atom. The summed E-state index contributed by atoms with van der Waals surface area (Å²) in [5.41, 5.74) is 4.77. The van der Waals surface area contributed by atoms with E-state index in [1.54, 1.807) is 0 Å². The molecule has 0 radical (unpaired) electrons. The molecule has 8 heteroatoms. The fourth-order valence-electron chi connectivity index (χ4n) is 4.21. The Morgan fingerprint density at radius 1 is 1.17 bits per heavy atom. The molecule has 1 aliphatic heterocycles.